The maximum Gasteiger partial charge on any atom is 0.336 e. The Morgan fingerprint density at radius 3 is 1.85 bits per heavy atom. The van der Waals surface area contributed by atoms with Crippen molar-refractivity contribution in [3.63, 3.8) is 0 Å². The third kappa shape index (κ3) is 9.32. The Kier molecular flexibility index (Phi) is 16.2. The predicted molar refractivity (Wildman–Crippen MR) is 226 cm³/mol. The van der Waals surface area contributed by atoms with Crippen LogP contribution in [-0.2, 0) is 33.2 Å². The minimum Gasteiger partial charge on any atom is -0.429 e. The predicted octanol–water partition coefficient (Wildman–Crippen LogP) is -2.39. The highest BCUT2D eigenvalue weighted by molar-refractivity contribution is 5.88. The minimum absolute atomic E-state index is 0.105. The number of carbonyl (C=O) groups is 1. The number of aliphatic hydroxyl groups is 13. The van der Waals surface area contributed by atoms with E-state index in [1.54, 1.807) is 6.92 Å². The second-order valence-electron chi connectivity index (χ2n) is 20.7. The van der Waals surface area contributed by atoms with E-state index in [0.29, 0.717) is 23.8 Å². The van der Waals surface area contributed by atoms with Gasteiger partial charge in [-0.1, -0.05) is 38.0 Å². The van der Waals surface area contributed by atoms with Crippen LogP contribution in [0.2, 0.25) is 0 Å². The van der Waals surface area contributed by atoms with E-state index in [4.69, 9.17) is 28.4 Å². The molecule has 6 fully saturated rings. The number of allylic oxidation sites excluding steroid dienone is 1. The van der Waals surface area contributed by atoms with E-state index in [1.165, 1.54) is 6.92 Å². The number of hydrogen-bond donors (Lipinski definition) is 13. The lowest BCUT2D eigenvalue weighted by Gasteiger charge is -2.60. The second-order valence-corrected chi connectivity index (χ2v) is 20.7. The van der Waals surface area contributed by atoms with E-state index in [9.17, 15) is 71.2 Å². The van der Waals surface area contributed by atoms with Crippen molar-refractivity contribution in [3.05, 3.63) is 22.8 Å². The molecule has 25 atom stereocenters. The van der Waals surface area contributed by atoms with E-state index < -0.39 is 142 Å². The summed E-state index contributed by atoms with van der Waals surface area (Å²) in [6.07, 6.45) is -18.6. The highest BCUT2D eigenvalue weighted by atomic mass is 16.8. The van der Waals surface area contributed by atoms with Crippen molar-refractivity contribution in [2.45, 2.75) is 196 Å². The van der Waals surface area contributed by atoms with Crippen molar-refractivity contribution >= 4 is 5.97 Å². The number of fused-ring (bicyclic) bond motifs is 5. The van der Waals surface area contributed by atoms with Crippen LogP contribution >= 0.6 is 0 Å². The van der Waals surface area contributed by atoms with Crippen LogP contribution < -0.4 is 0 Å². The summed E-state index contributed by atoms with van der Waals surface area (Å²) < 4.78 is 34.1. The van der Waals surface area contributed by atoms with Gasteiger partial charge in [-0.25, -0.2) is 4.79 Å². The number of rotatable bonds is 13. The largest absolute Gasteiger partial charge is 0.429 e. The molecule has 66 heavy (non-hydrogen) atoms. The molecule has 378 valence electrons. The zero-order valence-electron chi connectivity index (χ0n) is 38.3. The van der Waals surface area contributed by atoms with E-state index in [1.807, 2.05) is 6.92 Å². The molecule has 4 aliphatic carbocycles. The first-order valence-corrected chi connectivity index (χ1v) is 23.6. The Labute approximate surface area is 384 Å². The fourth-order valence-electron chi connectivity index (χ4n) is 13.0. The average Bonchev–Trinajstić information content (AvgIpc) is 3.65. The molecule has 3 saturated heterocycles. The number of esters is 1. The minimum atomic E-state index is -1.88. The van der Waals surface area contributed by atoms with Crippen molar-refractivity contribution < 1.29 is 99.6 Å². The molecule has 3 heterocycles. The Morgan fingerprint density at radius 1 is 0.727 bits per heavy atom. The normalized spacial score (nSPS) is 49.7. The summed E-state index contributed by atoms with van der Waals surface area (Å²) >= 11 is 0. The van der Waals surface area contributed by atoms with Gasteiger partial charge in [0.05, 0.1) is 38.1 Å². The molecular weight excluding hydrogens is 872 g/mol. The van der Waals surface area contributed by atoms with Gasteiger partial charge in [0, 0.05) is 17.4 Å². The van der Waals surface area contributed by atoms with Crippen LogP contribution in [0.15, 0.2) is 22.8 Å². The number of aliphatic hydroxyl groups excluding tert-OH is 13. The standard InChI is InChI=1S/C46H74O20/c1-18(19(2)41(60)66-44-40(37(57)34(54)30(17-49)64-44)65-43-39(59)36(56)33(53)29(16-48)63-43)12-27(50)20(3)24-8-9-25-23-7-6-21-13-22(61-42-38(58)35(55)32(52)28(15-47)62-42)14-31(51)46(21,5)26(23)10-11-45(24,25)4/h6,20,22-40,42-44,47-59H,7-17H2,1-5H3. The molecule has 13 N–H and O–H groups in total. The fraction of sp³-hybridized carbons (Fsp3) is 0.891. The van der Waals surface area contributed by atoms with Gasteiger partial charge in [0.2, 0.25) is 6.29 Å². The summed E-state index contributed by atoms with van der Waals surface area (Å²) in [5.41, 5.74) is 1.11. The smallest absolute Gasteiger partial charge is 0.336 e. The van der Waals surface area contributed by atoms with Crippen LogP contribution in [0.4, 0.5) is 0 Å². The molecule has 3 saturated carbocycles. The van der Waals surface area contributed by atoms with E-state index in [0.717, 1.165) is 37.7 Å². The zero-order chi connectivity index (χ0) is 48.3. The molecule has 0 amide bonds. The molecule has 20 heteroatoms. The van der Waals surface area contributed by atoms with Crippen molar-refractivity contribution in [1.82, 2.24) is 0 Å². The van der Waals surface area contributed by atoms with E-state index in [-0.39, 0.29) is 41.6 Å². The van der Waals surface area contributed by atoms with Gasteiger partial charge in [0.25, 0.3) is 0 Å². The van der Waals surface area contributed by atoms with Crippen LogP contribution in [0, 0.1) is 40.4 Å². The summed E-state index contributed by atoms with van der Waals surface area (Å²) in [4.78, 5) is 13.7. The Morgan fingerprint density at radius 2 is 1.27 bits per heavy atom. The summed E-state index contributed by atoms with van der Waals surface area (Å²) in [5.74, 6) is -0.0992. The molecule has 3 aliphatic heterocycles. The SMILES string of the molecule is CC(CC(O)C(C)C1CCC2C3CC=C4CC(OC5OC(CO)C(O)C(O)C5O)CC(O)C4(C)C3CCC12C)=C(C)C(=O)OC1OC(CO)C(O)C(O)C1OC1OC(CO)C(O)C(O)C1O. The summed E-state index contributed by atoms with van der Waals surface area (Å²) in [6.45, 7) is 7.59. The van der Waals surface area contributed by atoms with Crippen LogP contribution in [-0.4, -0.2) is 203 Å². The van der Waals surface area contributed by atoms with Gasteiger partial charge >= 0.3 is 5.97 Å². The van der Waals surface area contributed by atoms with Crippen LogP contribution in [0.25, 0.3) is 0 Å². The third-order valence-electron chi connectivity index (χ3n) is 17.3. The number of carbonyl (C=O) groups excluding carboxylic acids is 1. The summed E-state index contributed by atoms with van der Waals surface area (Å²) in [5, 5.41) is 137. The molecule has 0 bridgehead atoms. The molecule has 0 spiro atoms. The maximum atomic E-state index is 13.7. The van der Waals surface area contributed by atoms with E-state index in [2.05, 4.69) is 19.9 Å². The summed E-state index contributed by atoms with van der Waals surface area (Å²) in [6, 6.07) is 0. The number of hydrogen-bond acceptors (Lipinski definition) is 20. The lowest BCUT2D eigenvalue weighted by molar-refractivity contribution is -0.362. The molecular formula is C46H74O20. The number of ether oxygens (including phenoxy) is 6. The van der Waals surface area contributed by atoms with Gasteiger partial charge in [-0.15, -0.1) is 0 Å². The first-order valence-electron chi connectivity index (χ1n) is 23.6. The highest BCUT2D eigenvalue weighted by Gasteiger charge is 2.62. The van der Waals surface area contributed by atoms with Gasteiger partial charge in [-0.3, -0.25) is 0 Å². The first-order chi connectivity index (χ1) is 31.1. The summed E-state index contributed by atoms with van der Waals surface area (Å²) in [7, 11) is 0. The maximum absolute atomic E-state index is 13.7. The zero-order valence-corrected chi connectivity index (χ0v) is 38.3. The van der Waals surface area contributed by atoms with Crippen molar-refractivity contribution in [2.24, 2.45) is 40.4 Å². The van der Waals surface area contributed by atoms with Crippen molar-refractivity contribution in [1.29, 1.82) is 0 Å². The first kappa shape index (κ1) is 52.1. The van der Waals surface area contributed by atoms with Gasteiger partial charge in [-0.2, -0.15) is 0 Å². The molecule has 7 rings (SSSR count). The van der Waals surface area contributed by atoms with Crippen molar-refractivity contribution in [2.75, 3.05) is 19.8 Å². The van der Waals surface area contributed by atoms with Crippen LogP contribution in [0.1, 0.15) is 86.0 Å². The van der Waals surface area contributed by atoms with Gasteiger partial charge in [0.15, 0.2) is 18.7 Å². The lowest BCUT2D eigenvalue weighted by Crippen LogP contribution is -2.64. The second kappa shape index (κ2) is 20.5. The van der Waals surface area contributed by atoms with Crippen molar-refractivity contribution in [3.8, 4) is 0 Å². The Bertz CT molecular complexity index is 1740. The van der Waals surface area contributed by atoms with Gasteiger partial charge in [-0.05, 0) is 93.8 Å². The topological polar surface area (TPSA) is 335 Å². The van der Waals surface area contributed by atoms with Gasteiger partial charge < -0.3 is 94.8 Å². The van der Waals surface area contributed by atoms with Crippen LogP contribution in [0.3, 0.4) is 0 Å². The third-order valence-corrected chi connectivity index (χ3v) is 17.3. The lowest BCUT2D eigenvalue weighted by atomic mass is 9.46. The molecule has 0 aromatic rings. The molecule has 25 unspecified atom stereocenters. The average molecular weight is 947 g/mol. The molecule has 20 nitrogen and oxygen atoms in total. The molecule has 0 radical (unpaired) electrons. The quantitative estimate of drug-likeness (QED) is 0.0521. The highest BCUT2D eigenvalue weighted by Crippen LogP contribution is 2.67. The molecule has 7 aliphatic rings. The van der Waals surface area contributed by atoms with Gasteiger partial charge in [0.1, 0.15) is 67.1 Å². The molecule has 0 aromatic carbocycles. The monoisotopic (exact) mass is 946 g/mol. The van der Waals surface area contributed by atoms with Crippen LogP contribution in [0.5, 0.6) is 0 Å². The fourth-order valence-corrected chi connectivity index (χ4v) is 13.0. The Balaban J connectivity index is 0.988. The Hall–Kier alpha value is -1.77. The molecule has 0 aromatic heterocycles. The van der Waals surface area contributed by atoms with E-state index >= 15 is 0 Å².